The molecule has 3 aromatic rings. The Hall–Kier alpha value is -2.65. The van der Waals surface area contributed by atoms with Gasteiger partial charge in [-0.1, -0.05) is 30.3 Å². The average Bonchev–Trinajstić information content (AvgIpc) is 3.37. The second-order valence-corrected chi connectivity index (χ2v) is 7.97. The van der Waals surface area contributed by atoms with Gasteiger partial charge in [0.1, 0.15) is 4.90 Å². The van der Waals surface area contributed by atoms with E-state index in [0.717, 1.165) is 25.1 Å². The summed E-state index contributed by atoms with van der Waals surface area (Å²) in [5.41, 5.74) is 1.05. The van der Waals surface area contributed by atoms with Crippen LogP contribution in [0, 0.1) is 0 Å². The molecule has 1 fully saturated rings. The highest BCUT2D eigenvalue weighted by atomic mass is 32.2. The van der Waals surface area contributed by atoms with Crippen LogP contribution in [0.25, 0.3) is 0 Å². The molecule has 1 saturated heterocycles. The second-order valence-electron chi connectivity index (χ2n) is 6.29. The van der Waals surface area contributed by atoms with E-state index in [1.165, 1.54) is 12.4 Å². The van der Waals surface area contributed by atoms with E-state index in [0.29, 0.717) is 12.4 Å². The molecule has 1 aromatic carbocycles. The van der Waals surface area contributed by atoms with Gasteiger partial charge in [0.15, 0.2) is 5.82 Å². The molecule has 0 aliphatic carbocycles. The van der Waals surface area contributed by atoms with Crippen LogP contribution in [-0.2, 0) is 16.6 Å². The van der Waals surface area contributed by atoms with Crippen LogP contribution in [0.4, 0.5) is 5.82 Å². The minimum absolute atomic E-state index is 0.116. The van der Waals surface area contributed by atoms with E-state index in [2.05, 4.69) is 20.2 Å². The van der Waals surface area contributed by atoms with Crippen molar-refractivity contribution in [2.24, 2.45) is 0 Å². The lowest BCUT2D eigenvalue weighted by Crippen LogP contribution is -2.16. The summed E-state index contributed by atoms with van der Waals surface area (Å²) in [4.78, 5) is 0.116. The number of anilines is 1. The molecule has 0 saturated carbocycles. The molecule has 0 amide bonds. The molecule has 26 heavy (non-hydrogen) atoms. The Balaban J connectivity index is 1.47. The molecule has 0 spiro atoms. The van der Waals surface area contributed by atoms with Crippen LogP contribution < -0.4 is 10.0 Å². The molecule has 9 heteroatoms. The van der Waals surface area contributed by atoms with Gasteiger partial charge in [-0.25, -0.2) is 8.42 Å². The molecule has 1 aliphatic rings. The van der Waals surface area contributed by atoms with Gasteiger partial charge >= 0.3 is 0 Å². The van der Waals surface area contributed by atoms with Crippen LogP contribution in [0.2, 0.25) is 0 Å². The fourth-order valence-corrected chi connectivity index (χ4v) is 3.95. The molecule has 8 nitrogen and oxygen atoms in total. The van der Waals surface area contributed by atoms with E-state index in [1.807, 2.05) is 30.3 Å². The first kappa shape index (κ1) is 16.8. The van der Waals surface area contributed by atoms with Gasteiger partial charge in [-0.15, -0.1) is 0 Å². The third-order valence-corrected chi connectivity index (χ3v) is 5.67. The summed E-state index contributed by atoms with van der Waals surface area (Å²) >= 11 is 0. The van der Waals surface area contributed by atoms with Crippen molar-refractivity contribution < 1.29 is 8.42 Å². The molecule has 1 unspecified atom stereocenters. The molecule has 1 aliphatic heterocycles. The van der Waals surface area contributed by atoms with Crippen LogP contribution in [0.1, 0.15) is 18.0 Å². The topological polar surface area (TPSA) is 93.8 Å². The molecular formula is C17H20N6O2S. The normalized spacial score (nSPS) is 17.5. The van der Waals surface area contributed by atoms with Crippen LogP contribution in [0.3, 0.4) is 0 Å². The summed E-state index contributed by atoms with van der Waals surface area (Å²) in [6.45, 7) is 2.31. The lowest BCUT2D eigenvalue weighted by Gasteiger charge is -2.08. The Morgan fingerprint density at radius 2 is 2.08 bits per heavy atom. The first-order valence-corrected chi connectivity index (χ1v) is 9.93. The maximum absolute atomic E-state index is 12.6. The van der Waals surface area contributed by atoms with E-state index < -0.39 is 10.0 Å². The summed E-state index contributed by atoms with van der Waals surface area (Å²) in [5, 5.41) is 11.8. The van der Waals surface area contributed by atoms with Crippen molar-refractivity contribution in [3.8, 4) is 0 Å². The largest absolute Gasteiger partial charge is 0.315 e. The van der Waals surface area contributed by atoms with Crippen molar-refractivity contribution in [1.29, 1.82) is 0 Å². The highest BCUT2D eigenvalue weighted by molar-refractivity contribution is 7.92. The van der Waals surface area contributed by atoms with Crippen molar-refractivity contribution in [2.45, 2.75) is 23.9 Å². The Morgan fingerprint density at radius 1 is 1.23 bits per heavy atom. The molecule has 4 rings (SSSR count). The summed E-state index contributed by atoms with van der Waals surface area (Å²) in [7, 11) is -3.72. The summed E-state index contributed by atoms with van der Waals surface area (Å²) in [6, 6.07) is 11.7. The Bertz CT molecular complexity index is 974. The third-order valence-electron chi connectivity index (χ3n) is 4.36. The van der Waals surface area contributed by atoms with E-state index in [9.17, 15) is 8.42 Å². The fraction of sp³-hybridized carbons (Fsp3) is 0.294. The van der Waals surface area contributed by atoms with Gasteiger partial charge in [-0.2, -0.15) is 10.2 Å². The number of benzene rings is 1. The van der Waals surface area contributed by atoms with E-state index >= 15 is 0 Å². The quantitative estimate of drug-likeness (QED) is 0.683. The monoisotopic (exact) mass is 372 g/mol. The predicted octanol–water partition coefficient (Wildman–Crippen LogP) is 1.46. The Kier molecular flexibility index (Phi) is 4.48. The molecule has 2 N–H and O–H groups in total. The standard InChI is InChI=1S/C17H20N6O2S/c24-26(25,21-17-7-9-23(20-17)15-6-8-18-10-15)16-11-19-22(13-16)12-14-4-2-1-3-5-14/h1-5,7,9,11,13,15,18H,6,8,10,12H2,(H,20,21). The molecule has 2 aromatic heterocycles. The van der Waals surface area contributed by atoms with E-state index in [4.69, 9.17) is 0 Å². The van der Waals surface area contributed by atoms with Gasteiger partial charge in [-0.3, -0.25) is 14.1 Å². The SMILES string of the molecule is O=S(=O)(Nc1ccn(C2CCNC2)n1)c1cnn(Cc2ccccc2)c1. The predicted molar refractivity (Wildman–Crippen MR) is 97.3 cm³/mol. The van der Waals surface area contributed by atoms with Gasteiger partial charge in [0, 0.05) is 25.0 Å². The zero-order chi connectivity index (χ0) is 18.0. The molecule has 136 valence electrons. The average molecular weight is 372 g/mol. The first-order chi connectivity index (χ1) is 12.6. The van der Waals surface area contributed by atoms with Crippen molar-refractivity contribution in [3.63, 3.8) is 0 Å². The maximum atomic E-state index is 12.6. The zero-order valence-electron chi connectivity index (χ0n) is 14.1. The van der Waals surface area contributed by atoms with Crippen LogP contribution >= 0.6 is 0 Å². The number of hydrogen-bond acceptors (Lipinski definition) is 5. The second kappa shape index (κ2) is 6.93. The smallest absolute Gasteiger partial charge is 0.266 e. The molecule has 0 radical (unpaired) electrons. The Morgan fingerprint density at radius 3 is 2.85 bits per heavy atom. The molecule has 3 heterocycles. The number of hydrogen-bond donors (Lipinski definition) is 2. The summed E-state index contributed by atoms with van der Waals surface area (Å²) in [5.74, 6) is 0.313. The first-order valence-electron chi connectivity index (χ1n) is 8.45. The van der Waals surface area contributed by atoms with E-state index in [1.54, 1.807) is 21.6 Å². The summed E-state index contributed by atoms with van der Waals surface area (Å²) < 4.78 is 31.1. The van der Waals surface area contributed by atoms with Crippen LogP contribution in [0.5, 0.6) is 0 Å². The molecule has 1 atom stereocenters. The fourth-order valence-electron chi connectivity index (χ4n) is 3.00. The molecular weight excluding hydrogens is 352 g/mol. The van der Waals surface area contributed by atoms with Gasteiger partial charge < -0.3 is 5.32 Å². The van der Waals surface area contributed by atoms with Gasteiger partial charge in [-0.05, 0) is 18.5 Å². The lowest BCUT2D eigenvalue weighted by molar-refractivity contribution is 0.492. The van der Waals surface area contributed by atoms with Crippen molar-refractivity contribution in [1.82, 2.24) is 24.9 Å². The van der Waals surface area contributed by atoms with Crippen molar-refractivity contribution in [3.05, 3.63) is 60.6 Å². The number of nitrogens with zero attached hydrogens (tertiary/aromatic N) is 4. The van der Waals surface area contributed by atoms with Gasteiger partial charge in [0.05, 0.1) is 18.8 Å². The van der Waals surface area contributed by atoms with Crippen molar-refractivity contribution in [2.75, 3.05) is 17.8 Å². The van der Waals surface area contributed by atoms with Crippen LogP contribution in [0.15, 0.2) is 59.9 Å². The maximum Gasteiger partial charge on any atom is 0.266 e. The van der Waals surface area contributed by atoms with Gasteiger partial charge in [0.25, 0.3) is 10.0 Å². The van der Waals surface area contributed by atoms with Crippen LogP contribution in [-0.4, -0.2) is 41.1 Å². The van der Waals surface area contributed by atoms with Gasteiger partial charge in [0.2, 0.25) is 0 Å². The minimum atomic E-state index is -3.72. The van der Waals surface area contributed by atoms with E-state index in [-0.39, 0.29) is 10.9 Å². The number of aromatic nitrogens is 4. The summed E-state index contributed by atoms with van der Waals surface area (Å²) in [6.07, 6.45) is 5.66. The number of rotatable bonds is 6. The number of nitrogens with one attached hydrogen (secondary N) is 2. The van der Waals surface area contributed by atoms with Crippen molar-refractivity contribution >= 4 is 15.8 Å². The highest BCUT2D eigenvalue weighted by Gasteiger charge is 2.20. The zero-order valence-corrected chi connectivity index (χ0v) is 14.9. The Labute approximate surface area is 151 Å². The minimum Gasteiger partial charge on any atom is -0.315 e. The lowest BCUT2D eigenvalue weighted by atomic mass is 10.2. The highest BCUT2D eigenvalue weighted by Crippen LogP contribution is 2.18. The molecule has 0 bridgehead atoms. The number of sulfonamides is 1. The third kappa shape index (κ3) is 3.63.